The summed E-state index contributed by atoms with van der Waals surface area (Å²) in [7, 11) is 3.66. The number of thiol groups is 1. The van der Waals surface area contributed by atoms with E-state index in [4.69, 9.17) is 16.3 Å². The topological polar surface area (TPSA) is 54.5 Å². The first-order valence-electron chi connectivity index (χ1n) is 12.3. The molecule has 198 valence electrons. The van der Waals surface area contributed by atoms with Crippen LogP contribution in [0.2, 0.25) is 4.34 Å². The Bertz CT molecular complexity index is 1460. The fraction of sp³-hybridized carbons (Fsp3) is 0.267. The largest absolute Gasteiger partial charge is 0.497 e. The van der Waals surface area contributed by atoms with Crippen LogP contribution in [0, 0.1) is 6.92 Å². The minimum Gasteiger partial charge on any atom is -0.497 e. The minimum absolute atomic E-state index is 0.0875. The van der Waals surface area contributed by atoms with Crippen LogP contribution in [0.5, 0.6) is 5.75 Å². The lowest BCUT2D eigenvalue weighted by molar-refractivity contribution is 0.0930. The van der Waals surface area contributed by atoms with Crippen molar-refractivity contribution in [2.24, 2.45) is 0 Å². The second-order valence-electron chi connectivity index (χ2n) is 9.24. The second-order valence-corrected chi connectivity index (χ2v) is 11.0. The number of methoxy groups -OCH3 is 1. The van der Waals surface area contributed by atoms with Crippen LogP contribution in [0.1, 0.15) is 34.3 Å². The third-order valence-electron chi connectivity index (χ3n) is 6.64. The number of hydrogen-bond donors (Lipinski definition) is 2. The summed E-state index contributed by atoms with van der Waals surface area (Å²) < 4.78 is 6.07. The third kappa shape index (κ3) is 6.17. The first kappa shape index (κ1) is 28.0. The maximum atomic E-state index is 13.3. The highest BCUT2D eigenvalue weighted by Gasteiger charge is 2.47. The average molecular weight is 566 g/mol. The van der Waals surface area contributed by atoms with E-state index >= 15 is 0 Å². The molecule has 2 aromatic carbocycles. The van der Waals surface area contributed by atoms with E-state index in [2.05, 4.69) is 65.4 Å². The molecular formula is C30H32ClN3O2S2. The maximum absolute atomic E-state index is 13.3. The van der Waals surface area contributed by atoms with Crippen LogP contribution in [0.15, 0.2) is 73.1 Å². The van der Waals surface area contributed by atoms with Crippen LogP contribution in [0.25, 0.3) is 21.3 Å². The highest BCUT2D eigenvalue weighted by molar-refractivity contribution is 7.79. The van der Waals surface area contributed by atoms with E-state index in [1.807, 2.05) is 37.3 Å². The Balaban J connectivity index is 0.000000425. The molecule has 0 saturated heterocycles. The van der Waals surface area contributed by atoms with Crippen molar-refractivity contribution >= 4 is 52.4 Å². The minimum atomic E-state index is -0.398. The lowest BCUT2D eigenvalue weighted by atomic mass is 9.95. The van der Waals surface area contributed by atoms with E-state index < -0.39 is 5.54 Å². The van der Waals surface area contributed by atoms with Gasteiger partial charge in [-0.3, -0.25) is 9.78 Å². The molecule has 1 amide bonds. The Morgan fingerprint density at radius 3 is 2.47 bits per heavy atom. The Kier molecular flexibility index (Phi) is 9.03. The number of likely N-dealkylation sites (N-methyl/N-ethyl adjacent to an activating group) is 1. The summed E-state index contributed by atoms with van der Waals surface area (Å²) in [5.41, 5.74) is 4.24. The number of halogens is 1. The summed E-state index contributed by atoms with van der Waals surface area (Å²) in [5, 5.41) is 4.39. The predicted molar refractivity (Wildman–Crippen MR) is 163 cm³/mol. The molecule has 1 N–H and O–H groups in total. The standard InChI is InChI=1S/C25H21ClN2O2S.C4H7N.CH4S/c1-15-5-6-17(30-2)14-19(15)24(29)28-25(9-10-25)20-12-16(22-7-8-23(26)31-22)13-21-18(20)4-3-11-27-21;1-5-3-2-4-5;1-2/h3-8,11-14H,9-10H2,1-2H3,(H,28,29);2-3H,4H2,1H3;2H,1H3. The fourth-order valence-corrected chi connectivity index (χ4v) is 5.38. The van der Waals surface area contributed by atoms with Crippen molar-refractivity contribution in [2.75, 3.05) is 27.0 Å². The first-order valence-corrected chi connectivity index (χ1v) is 14.4. The molecule has 4 aromatic rings. The second kappa shape index (κ2) is 12.2. The number of nitrogens with one attached hydrogen (secondary N) is 1. The number of aryl methyl sites for hydroxylation is 1. The number of aromatic nitrogens is 1. The molecular weight excluding hydrogens is 534 g/mol. The molecule has 1 fully saturated rings. The first-order chi connectivity index (χ1) is 18.4. The number of amides is 1. The molecule has 0 spiro atoms. The van der Waals surface area contributed by atoms with Crippen molar-refractivity contribution in [1.29, 1.82) is 0 Å². The summed E-state index contributed by atoms with van der Waals surface area (Å²) in [6, 6.07) is 17.8. The van der Waals surface area contributed by atoms with Crippen LogP contribution in [0.4, 0.5) is 0 Å². The molecule has 2 aliphatic rings. The Morgan fingerprint density at radius 2 is 1.89 bits per heavy atom. The van der Waals surface area contributed by atoms with Gasteiger partial charge in [0, 0.05) is 35.6 Å². The smallest absolute Gasteiger partial charge is 0.252 e. The maximum Gasteiger partial charge on any atom is 0.252 e. The van der Waals surface area contributed by atoms with Gasteiger partial charge in [-0.1, -0.05) is 23.7 Å². The SMILES string of the molecule is CN1C=CC1.COc1ccc(C)c(C(=O)NC2(c3cc(-c4ccc(Cl)s4)cc4ncccc34)CC2)c1.CS. The van der Waals surface area contributed by atoms with Gasteiger partial charge in [-0.25, -0.2) is 0 Å². The Labute approximate surface area is 238 Å². The predicted octanol–water partition coefficient (Wildman–Crippen LogP) is 7.34. The molecule has 0 radical (unpaired) electrons. The van der Waals surface area contributed by atoms with Crippen molar-refractivity contribution in [3.63, 3.8) is 0 Å². The van der Waals surface area contributed by atoms with Gasteiger partial charge in [-0.2, -0.15) is 12.6 Å². The Hall–Kier alpha value is -3.00. The zero-order valence-electron chi connectivity index (χ0n) is 22.0. The molecule has 3 heterocycles. The summed E-state index contributed by atoms with van der Waals surface area (Å²) in [6.07, 6.45) is 9.45. The average Bonchev–Trinajstić information content (AvgIpc) is 3.57. The van der Waals surface area contributed by atoms with Gasteiger partial charge in [-0.05, 0) is 97.5 Å². The molecule has 5 nitrogen and oxygen atoms in total. The molecule has 2 aromatic heterocycles. The van der Waals surface area contributed by atoms with Gasteiger partial charge in [0.1, 0.15) is 5.75 Å². The van der Waals surface area contributed by atoms with E-state index in [1.165, 1.54) is 0 Å². The molecule has 38 heavy (non-hydrogen) atoms. The molecule has 1 aliphatic heterocycles. The van der Waals surface area contributed by atoms with Gasteiger partial charge in [0.05, 0.1) is 22.5 Å². The van der Waals surface area contributed by atoms with Crippen molar-refractivity contribution in [3.8, 4) is 16.2 Å². The van der Waals surface area contributed by atoms with Crippen molar-refractivity contribution < 1.29 is 9.53 Å². The Morgan fingerprint density at radius 1 is 1.16 bits per heavy atom. The third-order valence-corrected chi connectivity index (χ3v) is 7.92. The molecule has 6 rings (SSSR count). The van der Waals surface area contributed by atoms with Gasteiger partial charge in [-0.15, -0.1) is 11.3 Å². The van der Waals surface area contributed by atoms with Crippen molar-refractivity contribution in [2.45, 2.75) is 25.3 Å². The normalized spacial score (nSPS) is 14.4. The molecule has 1 aliphatic carbocycles. The highest BCUT2D eigenvalue weighted by Crippen LogP contribution is 2.49. The monoisotopic (exact) mass is 565 g/mol. The van der Waals surface area contributed by atoms with Crippen LogP contribution < -0.4 is 10.1 Å². The van der Waals surface area contributed by atoms with Gasteiger partial charge >= 0.3 is 0 Å². The van der Waals surface area contributed by atoms with E-state index in [-0.39, 0.29) is 5.91 Å². The van der Waals surface area contributed by atoms with Crippen LogP contribution in [0.3, 0.4) is 0 Å². The van der Waals surface area contributed by atoms with E-state index in [9.17, 15) is 4.79 Å². The molecule has 0 bridgehead atoms. The molecule has 0 unspecified atom stereocenters. The number of thiophene rings is 1. The summed E-state index contributed by atoms with van der Waals surface area (Å²) in [6.45, 7) is 3.08. The van der Waals surface area contributed by atoms with Crippen LogP contribution >= 0.6 is 35.6 Å². The van der Waals surface area contributed by atoms with E-state index in [0.717, 1.165) is 56.2 Å². The number of ether oxygens (including phenoxy) is 1. The number of benzene rings is 2. The number of carbonyl (C=O) groups is 1. The summed E-state index contributed by atoms with van der Waals surface area (Å²) in [4.78, 5) is 21.1. The van der Waals surface area contributed by atoms with Gasteiger partial charge in [0.25, 0.3) is 5.91 Å². The molecule has 1 saturated carbocycles. The van der Waals surface area contributed by atoms with Crippen LogP contribution in [-0.2, 0) is 5.54 Å². The molecule has 0 atom stereocenters. The van der Waals surface area contributed by atoms with E-state index in [0.29, 0.717) is 11.3 Å². The lowest BCUT2D eigenvalue weighted by Crippen LogP contribution is -2.35. The summed E-state index contributed by atoms with van der Waals surface area (Å²) >= 11 is 11.3. The number of carbonyl (C=O) groups excluding carboxylic acids is 1. The number of nitrogens with zero attached hydrogens (tertiary/aromatic N) is 2. The number of fused-ring (bicyclic) bond motifs is 1. The number of hydrogen-bond acceptors (Lipinski definition) is 6. The lowest BCUT2D eigenvalue weighted by Gasteiger charge is -2.22. The number of rotatable bonds is 5. The van der Waals surface area contributed by atoms with Crippen LogP contribution in [-0.4, -0.2) is 42.7 Å². The van der Waals surface area contributed by atoms with Gasteiger partial charge < -0.3 is 15.0 Å². The molecule has 8 heteroatoms. The quantitative estimate of drug-likeness (QED) is 0.248. The number of pyridine rings is 1. The highest BCUT2D eigenvalue weighted by atomic mass is 35.5. The summed E-state index contributed by atoms with van der Waals surface area (Å²) in [5.74, 6) is 0.585. The van der Waals surface area contributed by atoms with Gasteiger partial charge in [0.15, 0.2) is 0 Å². The van der Waals surface area contributed by atoms with Crippen molar-refractivity contribution in [1.82, 2.24) is 15.2 Å². The fourth-order valence-electron chi connectivity index (χ4n) is 4.35. The zero-order valence-corrected chi connectivity index (χ0v) is 24.5. The van der Waals surface area contributed by atoms with E-state index in [1.54, 1.807) is 37.0 Å². The zero-order chi connectivity index (χ0) is 27.3. The van der Waals surface area contributed by atoms with Gasteiger partial charge in [0.2, 0.25) is 0 Å². The van der Waals surface area contributed by atoms with Crippen molar-refractivity contribution in [3.05, 3.63) is 94.1 Å².